The zero-order chi connectivity index (χ0) is 21.0. The van der Waals surface area contributed by atoms with Crippen LogP contribution in [0.2, 0.25) is 0 Å². The van der Waals surface area contributed by atoms with Crippen LogP contribution in [0.5, 0.6) is 0 Å². The Morgan fingerprint density at radius 1 is 1.28 bits per heavy atom. The molecule has 0 radical (unpaired) electrons. The summed E-state index contributed by atoms with van der Waals surface area (Å²) in [5, 5.41) is 19.0. The Kier molecular flexibility index (Phi) is 6.55. The third-order valence-corrected chi connectivity index (χ3v) is 5.75. The SMILES string of the molecule is Cc1csc(NC(=O)C2CCN(CC(=O)Nc3ccc([N+](=O)[O-])cc3C)CC2)n1. The first-order chi connectivity index (χ1) is 13.8. The van der Waals surface area contributed by atoms with Crippen LogP contribution in [-0.4, -0.2) is 46.3 Å². The van der Waals surface area contributed by atoms with Crippen molar-refractivity contribution in [2.24, 2.45) is 5.92 Å². The van der Waals surface area contributed by atoms with E-state index in [1.165, 1.54) is 23.5 Å². The number of nitrogens with one attached hydrogen (secondary N) is 2. The molecule has 0 saturated carbocycles. The lowest BCUT2D eigenvalue weighted by molar-refractivity contribution is -0.384. The minimum atomic E-state index is -0.464. The van der Waals surface area contributed by atoms with Gasteiger partial charge in [-0.3, -0.25) is 24.6 Å². The lowest BCUT2D eigenvalue weighted by Crippen LogP contribution is -2.41. The van der Waals surface area contributed by atoms with Gasteiger partial charge in [0.05, 0.1) is 17.2 Å². The molecule has 10 heteroatoms. The van der Waals surface area contributed by atoms with Crippen LogP contribution in [-0.2, 0) is 9.59 Å². The number of aryl methyl sites for hydroxylation is 2. The van der Waals surface area contributed by atoms with Gasteiger partial charge < -0.3 is 10.6 Å². The highest BCUT2D eigenvalue weighted by atomic mass is 32.1. The van der Waals surface area contributed by atoms with Gasteiger partial charge in [-0.1, -0.05) is 0 Å². The van der Waals surface area contributed by atoms with Crippen molar-refractivity contribution in [3.63, 3.8) is 0 Å². The molecule has 0 bridgehead atoms. The third-order valence-electron chi connectivity index (χ3n) is 4.87. The summed E-state index contributed by atoms with van der Waals surface area (Å²) in [6, 6.07) is 4.35. The maximum absolute atomic E-state index is 12.4. The molecule has 2 heterocycles. The number of likely N-dealkylation sites (tertiary alicyclic amines) is 1. The number of rotatable bonds is 6. The summed E-state index contributed by atoms with van der Waals surface area (Å²) in [5.74, 6) is -0.288. The molecule has 154 valence electrons. The van der Waals surface area contributed by atoms with Gasteiger partial charge in [0.1, 0.15) is 0 Å². The molecule has 2 aromatic rings. The Labute approximate surface area is 172 Å². The Balaban J connectivity index is 1.46. The second-order valence-corrected chi connectivity index (χ2v) is 8.00. The molecule has 0 atom stereocenters. The summed E-state index contributed by atoms with van der Waals surface area (Å²) in [6.07, 6.45) is 1.36. The van der Waals surface area contributed by atoms with Gasteiger partial charge in [0.2, 0.25) is 11.8 Å². The number of amides is 2. The molecule has 29 heavy (non-hydrogen) atoms. The Hall–Kier alpha value is -2.85. The third kappa shape index (κ3) is 5.58. The van der Waals surface area contributed by atoms with Gasteiger partial charge in [-0.25, -0.2) is 4.98 Å². The van der Waals surface area contributed by atoms with Crippen molar-refractivity contribution >= 4 is 39.7 Å². The van der Waals surface area contributed by atoms with E-state index in [1.807, 2.05) is 17.2 Å². The maximum Gasteiger partial charge on any atom is 0.269 e. The highest BCUT2D eigenvalue weighted by molar-refractivity contribution is 7.13. The molecule has 0 spiro atoms. The smallest absolute Gasteiger partial charge is 0.269 e. The number of nitrogens with zero attached hydrogens (tertiary/aromatic N) is 3. The maximum atomic E-state index is 12.4. The number of aromatic nitrogens is 1. The first-order valence-corrected chi connectivity index (χ1v) is 10.2. The van der Waals surface area contributed by atoms with E-state index in [4.69, 9.17) is 0 Å². The largest absolute Gasteiger partial charge is 0.325 e. The minimum Gasteiger partial charge on any atom is -0.325 e. The van der Waals surface area contributed by atoms with Crippen LogP contribution in [0.25, 0.3) is 0 Å². The molecular formula is C19H23N5O4S. The molecule has 1 aliphatic rings. The van der Waals surface area contributed by atoms with Crippen molar-refractivity contribution in [1.82, 2.24) is 9.88 Å². The van der Waals surface area contributed by atoms with Crippen LogP contribution in [0.1, 0.15) is 24.1 Å². The van der Waals surface area contributed by atoms with Gasteiger partial charge in [-0.15, -0.1) is 11.3 Å². The van der Waals surface area contributed by atoms with E-state index in [1.54, 1.807) is 13.0 Å². The van der Waals surface area contributed by atoms with Gasteiger partial charge in [-0.05, 0) is 51.4 Å². The van der Waals surface area contributed by atoms with Gasteiger partial charge >= 0.3 is 0 Å². The fourth-order valence-corrected chi connectivity index (χ4v) is 3.96. The zero-order valence-corrected chi connectivity index (χ0v) is 17.1. The Morgan fingerprint density at radius 3 is 2.59 bits per heavy atom. The topological polar surface area (TPSA) is 117 Å². The van der Waals surface area contributed by atoms with E-state index in [-0.39, 0.29) is 30.0 Å². The quantitative estimate of drug-likeness (QED) is 0.551. The lowest BCUT2D eigenvalue weighted by atomic mass is 9.96. The van der Waals surface area contributed by atoms with Crippen molar-refractivity contribution < 1.29 is 14.5 Å². The molecule has 1 fully saturated rings. The highest BCUT2D eigenvalue weighted by Crippen LogP contribution is 2.23. The number of benzene rings is 1. The van der Waals surface area contributed by atoms with Gasteiger partial charge in [0.15, 0.2) is 5.13 Å². The Morgan fingerprint density at radius 2 is 2.00 bits per heavy atom. The first-order valence-electron chi connectivity index (χ1n) is 9.32. The Bertz CT molecular complexity index is 921. The van der Waals surface area contributed by atoms with E-state index in [0.717, 1.165) is 5.69 Å². The second kappa shape index (κ2) is 9.10. The van der Waals surface area contributed by atoms with E-state index in [2.05, 4.69) is 15.6 Å². The zero-order valence-electron chi connectivity index (χ0n) is 16.3. The fraction of sp³-hybridized carbons (Fsp3) is 0.421. The van der Waals surface area contributed by atoms with Crippen LogP contribution < -0.4 is 10.6 Å². The van der Waals surface area contributed by atoms with E-state index < -0.39 is 4.92 Å². The summed E-state index contributed by atoms with van der Waals surface area (Å²) < 4.78 is 0. The number of carbonyl (C=O) groups is 2. The summed E-state index contributed by atoms with van der Waals surface area (Å²) in [7, 11) is 0. The van der Waals surface area contributed by atoms with Gasteiger partial charge in [-0.2, -0.15) is 0 Å². The summed E-state index contributed by atoms with van der Waals surface area (Å²) in [5.41, 5.74) is 2.08. The highest BCUT2D eigenvalue weighted by Gasteiger charge is 2.26. The summed E-state index contributed by atoms with van der Waals surface area (Å²) in [4.78, 5) is 41.3. The van der Waals surface area contributed by atoms with Crippen LogP contribution in [0, 0.1) is 29.9 Å². The van der Waals surface area contributed by atoms with Crippen molar-refractivity contribution in [2.45, 2.75) is 26.7 Å². The summed E-state index contributed by atoms with van der Waals surface area (Å²) >= 11 is 1.41. The number of carbonyl (C=O) groups excluding carboxylic acids is 2. The molecule has 1 saturated heterocycles. The van der Waals surface area contributed by atoms with Gasteiger partial charge in [0, 0.05) is 29.1 Å². The molecule has 2 N–H and O–H groups in total. The fourth-order valence-electron chi connectivity index (χ4n) is 3.27. The number of nitro groups is 1. The van der Waals surface area contributed by atoms with Crippen molar-refractivity contribution in [2.75, 3.05) is 30.3 Å². The molecule has 9 nitrogen and oxygen atoms in total. The van der Waals surface area contributed by atoms with E-state index >= 15 is 0 Å². The average Bonchev–Trinajstić information content (AvgIpc) is 3.08. The standard InChI is InChI=1S/C19H23N5O4S/c1-12-9-15(24(27)28)3-4-16(12)21-17(25)10-23-7-5-14(6-8-23)18(26)22-19-20-13(2)11-29-19/h3-4,9,11,14H,5-8,10H2,1-2H3,(H,21,25)(H,20,22,26). The molecule has 3 rings (SSSR count). The minimum absolute atomic E-state index is 0.00578. The van der Waals surface area contributed by atoms with Gasteiger partial charge in [0.25, 0.3) is 5.69 Å². The van der Waals surface area contributed by atoms with Crippen LogP contribution in [0.4, 0.5) is 16.5 Å². The number of hydrogen-bond acceptors (Lipinski definition) is 7. The molecular weight excluding hydrogens is 394 g/mol. The molecule has 1 aliphatic heterocycles. The molecule has 1 aromatic carbocycles. The molecule has 0 unspecified atom stereocenters. The second-order valence-electron chi connectivity index (χ2n) is 7.14. The van der Waals surface area contributed by atoms with E-state index in [9.17, 15) is 19.7 Å². The number of nitro benzene ring substituents is 1. The number of piperidine rings is 1. The summed E-state index contributed by atoms with van der Waals surface area (Å²) in [6.45, 7) is 5.13. The molecule has 2 amide bonds. The van der Waals surface area contributed by atoms with Crippen LogP contribution >= 0.6 is 11.3 Å². The number of non-ortho nitro benzene ring substituents is 1. The van der Waals surface area contributed by atoms with Crippen LogP contribution in [0.3, 0.4) is 0 Å². The van der Waals surface area contributed by atoms with Crippen molar-refractivity contribution in [1.29, 1.82) is 0 Å². The first kappa shape index (κ1) is 20.9. The normalized spacial score (nSPS) is 15.1. The predicted octanol–water partition coefficient (Wildman–Crippen LogP) is 2.96. The lowest BCUT2D eigenvalue weighted by Gasteiger charge is -2.30. The van der Waals surface area contributed by atoms with Crippen LogP contribution in [0.15, 0.2) is 23.6 Å². The van der Waals surface area contributed by atoms with Crippen molar-refractivity contribution in [3.8, 4) is 0 Å². The number of anilines is 2. The average molecular weight is 417 g/mol. The monoisotopic (exact) mass is 417 g/mol. The molecule has 0 aliphatic carbocycles. The number of thiazole rings is 1. The van der Waals surface area contributed by atoms with E-state index in [0.29, 0.717) is 42.3 Å². The predicted molar refractivity (Wildman–Crippen MR) is 111 cm³/mol. The number of hydrogen-bond donors (Lipinski definition) is 2. The molecule has 1 aromatic heterocycles. The van der Waals surface area contributed by atoms with Crippen molar-refractivity contribution in [3.05, 3.63) is 45.0 Å².